The molecule has 1 aromatic heterocycles. The summed E-state index contributed by atoms with van der Waals surface area (Å²) in [5, 5.41) is 0. The molecule has 1 aromatic carbocycles. The standard InChI is InChI=1S/C21H24N2O3/c24-20-9-8-17-15-22(21(25)19-7-4-14-26-19)12-11-18(17)23(20)13-10-16-5-2-1-3-6-16/h1-7,14,17-18H,8-13,15H2/t17-,18+/m0/s1. The molecule has 2 aliphatic rings. The van der Waals surface area contributed by atoms with Gasteiger partial charge in [0, 0.05) is 32.1 Å². The van der Waals surface area contributed by atoms with Gasteiger partial charge in [0.1, 0.15) is 0 Å². The normalized spacial score (nSPS) is 23.0. The van der Waals surface area contributed by atoms with Crippen molar-refractivity contribution in [2.75, 3.05) is 19.6 Å². The van der Waals surface area contributed by atoms with Crippen molar-refractivity contribution in [1.29, 1.82) is 0 Å². The SMILES string of the molecule is O=C(c1ccco1)N1CC[C@@H]2[C@@H](CCC(=O)N2CCc2ccccc2)C1. The summed E-state index contributed by atoms with van der Waals surface area (Å²) < 4.78 is 5.25. The predicted octanol–water partition coefficient (Wildman–Crippen LogP) is 2.98. The van der Waals surface area contributed by atoms with E-state index in [2.05, 4.69) is 17.0 Å². The van der Waals surface area contributed by atoms with Crippen molar-refractivity contribution in [3.8, 4) is 0 Å². The van der Waals surface area contributed by atoms with E-state index in [4.69, 9.17) is 4.42 Å². The number of rotatable bonds is 4. The molecule has 4 rings (SSSR count). The van der Waals surface area contributed by atoms with Crippen LogP contribution in [0.15, 0.2) is 53.1 Å². The third kappa shape index (κ3) is 3.39. The summed E-state index contributed by atoms with van der Waals surface area (Å²) in [7, 11) is 0. The van der Waals surface area contributed by atoms with Gasteiger partial charge in [0.15, 0.2) is 5.76 Å². The van der Waals surface area contributed by atoms with Crippen molar-refractivity contribution in [3.63, 3.8) is 0 Å². The molecule has 2 atom stereocenters. The summed E-state index contributed by atoms with van der Waals surface area (Å²) in [6.07, 6.45) is 4.71. The Kier molecular flexibility index (Phi) is 4.78. The molecule has 0 saturated carbocycles. The summed E-state index contributed by atoms with van der Waals surface area (Å²) >= 11 is 0. The van der Waals surface area contributed by atoms with Gasteiger partial charge in [-0.05, 0) is 42.9 Å². The Morgan fingerprint density at radius 3 is 2.73 bits per heavy atom. The Balaban J connectivity index is 1.41. The summed E-state index contributed by atoms with van der Waals surface area (Å²) in [6.45, 7) is 2.14. The molecule has 2 saturated heterocycles. The highest BCUT2D eigenvalue weighted by Crippen LogP contribution is 2.32. The fraction of sp³-hybridized carbons (Fsp3) is 0.429. The zero-order chi connectivity index (χ0) is 17.9. The summed E-state index contributed by atoms with van der Waals surface area (Å²) in [5.41, 5.74) is 1.26. The second-order valence-corrected chi connectivity index (χ2v) is 7.21. The van der Waals surface area contributed by atoms with Gasteiger partial charge in [0.05, 0.1) is 6.26 Å². The minimum Gasteiger partial charge on any atom is -0.459 e. The van der Waals surface area contributed by atoms with Crippen LogP contribution in [0.5, 0.6) is 0 Å². The summed E-state index contributed by atoms with van der Waals surface area (Å²) in [5.74, 6) is 0.974. The lowest BCUT2D eigenvalue weighted by Gasteiger charge is -2.47. The van der Waals surface area contributed by atoms with Crippen molar-refractivity contribution >= 4 is 11.8 Å². The first kappa shape index (κ1) is 16.9. The van der Waals surface area contributed by atoms with Crippen molar-refractivity contribution in [3.05, 3.63) is 60.1 Å². The van der Waals surface area contributed by atoms with Gasteiger partial charge in [-0.3, -0.25) is 9.59 Å². The number of hydrogen-bond donors (Lipinski definition) is 0. The van der Waals surface area contributed by atoms with E-state index in [1.54, 1.807) is 12.1 Å². The van der Waals surface area contributed by atoms with Gasteiger partial charge in [-0.1, -0.05) is 30.3 Å². The second-order valence-electron chi connectivity index (χ2n) is 7.21. The van der Waals surface area contributed by atoms with E-state index >= 15 is 0 Å². The van der Waals surface area contributed by atoms with Crippen molar-refractivity contribution in [2.45, 2.75) is 31.7 Å². The molecule has 5 nitrogen and oxygen atoms in total. The number of benzene rings is 1. The minimum atomic E-state index is -0.0406. The lowest BCUT2D eigenvalue weighted by molar-refractivity contribution is -0.140. The van der Waals surface area contributed by atoms with Crippen LogP contribution in [0.3, 0.4) is 0 Å². The van der Waals surface area contributed by atoms with E-state index in [-0.39, 0.29) is 17.9 Å². The van der Waals surface area contributed by atoms with E-state index in [1.165, 1.54) is 11.8 Å². The number of piperidine rings is 2. The lowest BCUT2D eigenvalue weighted by Crippen LogP contribution is -2.57. The molecule has 2 fully saturated rings. The third-order valence-corrected chi connectivity index (χ3v) is 5.65. The molecule has 2 amide bonds. The van der Waals surface area contributed by atoms with E-state index in [0.29, 0.717) is 31.2 Å². The van der Waals surface area contributed by atoms with Gasteiger partial charge >= 0.3 is 0 Å². The Bertz CT molecular complexity index is 757. The Morgan fingerprint density at radius 1 is 1.12 bits per heavy atom. The Morgan fingerprint density at radius 2 is 1.96 bits per heavy atom. The topological polar surface area (TPSA) is 53.8 Å². The average molecular weight is 352 g/mol. The van der Waals surface area contributed by atoms with Crippen LogP contribution in [0.4, 0.5) is 0 Å². The number of furan rings is 1. The molecule has 0 spiro atoms. The van der Waals surface area contributed by atoms with Crippen LogP contribution in [0, 0.1) is 5.92 Å². The molecule has 0 unspecified atom stereocenters. The molecule has 0 aliphatic carbocycles. The van der Waals surface area contributed by atoms with Gasteiger partial charge in [-0.25, -0.2) is 0 Å². The fourth-order valence-corrected chi connectivity index (χ4v) is 4.28. The fourth-order valence-electron chi connectivity index (χ4n) is 4.28. The smallest absolute Gasteiger partial charge is 0.289 e. The first-order valence-electron chi connectivity index (χ1n) is 9.38. The highest BCUT2D eigenvalue weighted by atomic mass is 16.3. The maximum Gasteiger partial charge on any atom is 0.289 e. The van der Waals surface area contributed by atoms with Crippen LogP contribution in [-0.2, 0) is 11.2 Å². The van der Waals surface area contributed by atoms with Gasteiger partial charge < -0.3 is 14.2 Å². The van der Waals surface area contributed by atoms with Crippen LogP contribution in [0.25, 0.3) is 0 Å². The Labute approximate surface area is 153 Å². The monoisotopic (exact) mass is 352 g/mol. The van der Waals surface area contributed by atoms with E-state index in [9.17, 15) is 9.59 Å². The zero-order valence-electron chi connectivity index (χ0n) is 14.8. The number of nitrogens with zero attached hydrogens (tertiary/aromatic N) is 2. The molecule has 2 aromatic rings. The first-order valence-corrected chi connectivity index (χ1v) is 9.38. The lowest BCUT2D eigenvalue weighted by atomic mass is 9.83. The number of carbonyl (C=O) groups excluding carboxylic acids is 2. The minimum absolute atomic E-state index is 0.0406. The average Bonchev–Trinajstić information content (AvgIpc) is 3.22. The molecule has 3 heterocycles. The molecule has 0 bridgehead atoms. The third-order valence-electron chi connectivity index (χ3n) is 5.65. The predicted molar refractivity (Wildman–Crippen MR) is 97.6 cm³/mol. The highest BCUT2D eigenvalue weighted by Gasteiger charge is 2.40. The largest absolute Gasteiger partial charge is 0.459 e. The molecule has 26 heavy (non-hydrogen) atoms. The van der Waals surface area contributed by atoms with E-state index in [0.717, 1.165) is 25.8 Å². The molecular weight excluding hydrogens is 328 g/mol. The van der Waals surface area contributed by atoms with Crippen LogP contribution in [0.2, 0.25) is 0 Å². The van der Waals surface area contributed by atoms with E-state index in [1.807, 2.05) is 23.1 Å². The quantitative estimate of drug-likeness (QED) is 0.850. The molecule has 0 radical (unpaired) electrons. The molecule has 136 valence electrons. The van der Waals surface area contributed by atoms with Gasteiger partial charge in [0.2, 0.25) is 5.91 Å². The molecule has 0 N–H and O–H groups in total. The maximum absolute atomic E-state index is 12.5. The first-order chi connectivity index (χ1) is 12.7. The van der Waals surface area contributed by atoms with E-state index < -0.39 is 0 Å². The number of amides is 2. The molecule has 5 heteroatoms. The Hall–Kier alpha value is -2.56. The van der Waals surface area contributed by atoms with Gasteiger partial charge in [-0.15, -0.1) is 0 Å². The van der Waals surface area contributed by atoms with Crippen molar-refractivity contribution in [1.82, 2.24) is 9.80 Å². The number of hydrogen-bond acceptors (Lipinski definition) is 3. The highest BCUT2D eigenvalue weighted by molar-refractivity contribution is 5.91. The summed E-state index contributed by atoms with van der Waals surface area (Å²) in [6, 6.07) is 14.0. The molecule has 2 aliphatic heterocycles. The zero-order valence-corrected chi connectivity index (χ0v) is 14.8. The van der Waals surface area contributed by atoms with Crippen molar-refractivity contribution in [2.24, 2.45) is 5.92 Å². The van der Waals surface area contributed by atoms with Crippen LogP contribution >= 0.6 is 0 Å². The van der Waals surface area contributed by atoms with Crippen LogP contribution in [-0.4, -0.2) is 47.3 Å². The second kappa shape index (κ2) is 7.36. The maximum atomic E-state index is 12.5. The summed E-state index contributed by atoms with van der Waals surface area (Å²) in [4.78, 5) is 29.0. The number of fused-ring (bicyclic) bond motifs is 1. The van der Waals surface area contributed by atoms with Crippen molar-refractivity contribution < 1.29 is 14.0 Å². The van der Waals surface area contributed by atoms with Gasteiger partial charge in [-0.2, -0.15) is 0 Å². The van der Waals surface area contributed by atoms with Gasteiger partial charge in [0.25, 0.3) is 5.91 Å². The number of likely N-dealkylation sites (tertiary alicyclic amines) is 2. The van der Waals surface area contributed by atoms with Crippen LogP contribution in [0.1, 0.15) is 35.4 Å². The van der Waals surface area contributed by atoms with Crippen LogP contribution < -0.4 is 0 Å². The number of carbonyl (C=O) groups is 2. The molecular formula is C21H24N2O3.